The lowest BCUT2D eigenvalue weighted by Gasteiger charge is -2.34. The summed E-state index contributed by atoms with van der Waals surface area (Å²) >= 11 is 0. The predicted molar refractivity (Wildman–Crippen MR) is 144 cm³/mol. The maximum absolute atomic E-state index is 14.2. The van der Waals surface area contributed by atoms with Crippen molar-refractivity contribution in [1.82, 2.24) is 10.2 Å². The summed E-state index contributed by atoms with van der Waals surface area (Å²) in [4.78, 5) is 43.5. The van der Waals surface area contributed by atoms with Crippen molar-refractivity contribution >= 4 is 23.4 Å². The van der Waals surface area contributed by atoms with Gasteiger partial charge in [0, 0.05) is 18.3 Å². The van der Waals surface area contributed by atoms with Crippen molar-refractivity contribution in [3.8, 4) is 0 Å². The molecule has 6 rings (SSSR count). The van der Waals surface area contributed by atoms with E-state index in [1.54, 1.807) is 11.8 Å². The number of carbonyl (C=O) groups is 3. The van der Waals surface area contributed by atoms with E-state index in [0.717, 1.165) is 43.2 Å². The van der Waals surface area contributed by atoms with Crippen LogP contribution in [0.2, 0.25) is 0 Å². The van der Waals surface area contributed by atoms with Gasteiger partial charge in [-0.05, 0) is 56.5 Å². The number of hydrogen-bond donors (Lipinski definition) is 2. The smallest absolute Gasteiger partial charge is 0.246 e. The quantitative estimate of drug-likeness (QED) is 0.546. The van der Waals surface area contributed by atoms with E-state index >= 15 is 0 Å². The molecule has 5 atom stereocenters. The maximum Gasteiger partial charge on any atom is 0.246 e. The van der Waals surface area contributed by atoms with Crippen LogP contribution in [0.4, 0.5) is 10.1 Å². The van der Waals surface area contributed by atoms with Gasteiger partial charge in [-0.25, -0.2) is 4.39 Å². The van der Waals surface area contributed by atoms with Gasteiger partial charge in [-0.1, -0.05) is 61.2 Å². The zero-order chi connectivity index (χ0) is 27.4. The Morgan fingerprint density at radius 2 is 1.69 bits per heavy atom. The summed E-state index contributed by atoms with van der Waals surface area (Å²) in [6, 6.07) is 12.5. The standard InChI is InChI=1S/C31H34FN3O4/c1-19-8-10-20(11-9-19)18-35-26(28(37)34-22-6-4-3-5-7-22)31-17-16-30(2,39-31)24(25(31)29(35)38)27(36)33-23-14-12-21(32)13-15-23/h8-17,22,24-26H,3-7,18H2,1-2H3,(H,33,36)(H,34,37). The van der Waals surface area contributed by atoms with Crippen molar-refractivity contribution in [1.29, 1.82) is 0 Å². The molecule has 3 aliphatic heterocycles. The maximum atomic E-state index is 14.2. The summed E-state index contributed by atoms with van der Waals surface area (Å²) < 4.78 is 20.0. The first-order valence-electron chi connectivity index (χ1n) is 13.8. The molecule has 39 heavy (non-hydrogen) atoms. The van der Waals surface area contributed by atoms with E-state index in [0.29, 0.717) is 5.69 Å². The van der Waals surface area contributed by atoms with Crippen LogP contribution >= 0.6 is 0 Å². The number of hydrogen-bond acceptors (Lipinski definition) is 4. The van der Waals surface area contributed by atoms with Gasteiger partial charge in [-0.15, -0.1) is 0 Å². The average Bonchev–Trinajstić information content (AvgIpc) is 3.48. The Bertz CT molecular complexity index is 1320. The molecule has 3 amide bonds. The minimum absolute atomic E-state index is 0.0637. The van der Waals surface area contributed by atoms with E-state index in [4.69, 9.17) is 4.74 Å². The highest BCUT2D eigenvalue weighted by atomic mass is 19.1. The Morgan fingerprint density at radius 1 is 1.00 bits per heavy atom. The lowest BCUT2D eigenvalue weighted by Crippen LogP contribution is -2.56. The normalized spacial score (nSPS) is 31.4. The van der Waals surface area contributed by atoms with E-state index in [2.05, 4.69) is 10.6 Å². The van der Waals surface area contributed by atoms with Crippen molar-refractivity contribution in [3.05, 3.63) is 77.6 Å². The number of amides is 3. The zero-order valence-corrected chi connectivity index (χ0v) is 22.3. The van der Waals surface area contributed by atoms with Crippen molar-refractivity contribution in [2.24, 2.45) is 11.8 Å². The lowest BCUT2D eigenvalue weighted by molar-refractivity contribution is -0.145. The Kier molecular flexibility index (Phi) is 6.33. The number of aryl methyl sites for hydroxylation is 1. The number of anilines is 1. The Balaban J connectivity index is 1.35. The van der Waals surface area contributed by atoms with Crippen LogP contribution in [0.3, 0.4) is 0 Å². The van der Waals surface area contributed by atoms with Gasteiger partial charge in [-0.2, -0.15) is 0 Å². The third-order valence-electron chi connectivity index (χ3n) is 8.86. The molecule has 2 bridgehead atoms. The van der Waals surface area contributed by atoms with Crippen LogP contribution in [0, 0.1) is 24.6 Å². The number of nitrogens with zero attached hydrogens (tertiary/aromatic N) is 1. The van der Waals surface area contributed by atoms with Crippen LogP contribution in [0.1, 0.15) is 50.2 Å². The Hall–Kier alpha value is -3.52. The molecule has 0 radical (unpaired) electrons. The second-order valence-electron chi connectivity index (χ2n) is 11.6. The summed E-state index contributed by atoms with van der Waals surface area (Å²) in [5, 5.41) is 6.06. The van der Waals surface area contributed by atoms with E-state index in [1.165, 1.54) is 24.3 Å². The Labute approximate surface area is 227 Å². The molecule has 1 aliphatic carbocycles. The van der Waals surface area contributed by atoms with Crippen molar-refractivity contribution < 1.29 is 23.5 Å². The first-order valence-corrected chi connectivity index (χ1v) is 13.8. The number of rotatable bonds is 6. The number of halogens is 1. The molecule has 8 heteroatoms. The van der Waals surface area contributed by atoms with Crippen LogP contribution in [0.5, 0.6) is 0 Å². The number of likely N-dealkylation sites (tertiary alicyclic amines) is 1. The minimum Gasteiger partial charge on any atom is -0.356 e. The fourth-order valence-electron chi connectivity index (χ4n) is 6.97. The van der Waals surface area contributed by atoms with Gasteiger partial charge in [-0.3, -0.25) is 14.4 Å². The molecule has 3 fully saturated rings. The van der Waals surface area contributed by atoms with Gasteiger partial charge in [0.25, 0.3) is 0 Å². The molecule has 204 valence electrons. The molecule has 2 aromatic carbocycles. The number of carbonyl (C=O) groups excluding carboxylic acids is 3. The third-order valence-corrected chi connectivity index (χ3v) is 8.86. The van der Waals surface area contributed by atoms with Crippen LogP contribution in [-0.4, -0.2) is 45.9 Å². The molecule has 1 saturated carbocycles. The van der Waals surface area contributed by atoms with Gasteiger partial charge >= 0.3 is 0 Å². The predicted octanol–water partition coefficient (Wildman–Crippen LogP) is 4.26. The summed E-state index contributed by atoms with van der Waals surface area (Å²) in [6.07, 6.45) is 8.77. The minimum atomic E-state index is -1.25. The SMILES string of the molecule is Cc1ccc(CN2C(=O)C3C(C(=O)Nc4ccc(F)cc4)C4(C)C=CC3(O4)C2C(=O)NC2CCCCC2)cc1. The summed E-state index contributed by atoms with van der Waals surface area (Å²) in [5.41, 5.74) is 0.130. The first kappa shape index (κ1) is 25.7. The molecule has 2 saturated heterocycles. The molecule has 3 heterocycles. The Morgan fingerprint density at radius 3 is 2.38 bits per heavy atom. The van der Waals surface area contributed by atoms with Crippen molar-refractivity contribution in [2.75, 3.05) is 5.32 Å². The average molecular weight is 532 g/mol. The van der Waals surface area contributed by atoms with Crippen LogP contribution in [0.15, 0.2) is 60.7 Å². The van der Waals surface area contributed by atoms with Crippen molar-refractivity contribution in [2.45, 2.75) is 75.8 Å². The highest BCUT2D eigenvalue weighted by Gasteiger charge is 2.76. The second kappa shape index (κ2) is 9.59. The van der Waals surface area contributed by atoms with Crippen LogP contribution < -0.4 is 10.6 Å². The van der Waals surface area contributed by atoms with E-state index in [1.807, 2.05) is 43.3 Å². The van der Waals surface area contributed by atoms with Gasteiger partial charge in [0.2, 0.25) is 17.7 Å². The third kappa shape index (κ3) is 4.35. The molecule has 2 aromatic rings. The highest BCUT2D eigenvalue weighted by molar-refractivity contribution is 6.03. The first-order chi connectivity index (χ1) is 18.7. The summed E-state index contributed by atoms with van der Waals surface area (Å²) in [5.74, 6) is -3.02. The molecule has 5 unspecified atom stereocenters. The fourth-order valence-corrected chi connectivity index (χ4v) is 6.97. The topological polar surface area (TPSA) is 87.7 Å². The summed E-state index contributed by atoms with van der Waals surface area (Å²) in [7, 11) is 0. The monoisotopic (exact) mass is 531 g/mol. The van der Waals surface area contributed by atoms with Gasteiger partial charge in [0.05, 0.1) is 17.4 Å². The largest absolute Gasteiger partial charge is 0.356 e. The molecule has 1 spiro atoms. The zero-order valence-electron chi connectivity index (χ0n) is 22.3. The van der Waals surface area contributed by atoms with Crippen LogP contribution in [-0.2, 0) is 25.7 Å². The van der Waals surface area contributed by atoms with Crippen molar-refractivity contribution in [3.63, 3.8) is 0 Å². The van der Waals surface area contributed by atoms with Gasteiger partial charge < -0.3 is 20.3 Å². The van der Waals surface area contributed by atoms with E-state index in [-0.39, 0.29) is 24.4 Å². The second-order valence-corrected chi connectivity index (χ2v) is 11.6. The number of benzene rings is 2. The molecule has 4 aliphatic rings. The van der Waals surface area contributed by atoms with E-state index in [9.17, 15) is 18.8 Å². The lowest BCUT2D eigenvalue weighted by atomic mass is 9.70. The van der Waals surface area contributed by atoms with Gasteiger partial charge in [0.1, 0.15) is 17.5 Å². The highest BCUT2D eigenvalue weighted by Crippen LogP contribution is 2.60. The van der Waals surface area contributed by atoms with E-state index < -0.39 is 40.8 Å². The molecular formula is C31H34FN3O4. The molecule has 7 nitrogen and oxygen atoms in total. The summed E-state index contributed by atoms with van der Waals surface area (Å²) in [6.45, 7) is 4.02. The number of fused-ring (bicyclic) bond motifs is 1. The number of ether oxygens (including phenoxy) is 1. The van der Waals surface area contributed by atoms with Crippen LogP contribution in [0.25, 0.3) is 0 Å². The fraction of sp³-hybridized carbons (Fsp3) is 0.452. The van der Waals surface area contributed by atoms with Gasteiger partial charge in [0.15, 0.2) is 0 Å². The number of nitrogens with one attached hydrogen (secondary N) is 2. The molecular weight excluding hydrogens is 497 g/mol. The molecule has 0 aromatic heterocycles. The molecule has 2 N–H and O–H groups in total.